The fraction of sp³-hybridized carbons (Fsp3) is 0.923. The van der Waals surface area contributed by atoms with E-state index in [1.54, 1.807) is 0 Å². The van der Waals surface area contributed by atoms with Gasteiger partial charge < -0.3 is 15.1 Å². The summed E-state index contributed by atoms with van der Waals surface area (Å²) in [5, 5.41) is 3.14. The maximum Gasteiger partial charge on any atom is 0.239 e. The summed E-state index contributed by atoms with van der Waals surface area (Å²) in [5.74, 6) is 0.911. The standard InChI is InChI=1S/C13H25N3O/c1-10-9-15(3)8-6-12(10)16-7-4-5-11(14-2)13(16)17/h10-12,14H,4-9H2,1-3H3. The number of hydrogen-bond donors (Lipinski definition) is 1. The quantitative estimate of drug-likeness (QED) is 0.764. The molecule has 98 valence electrons. The molecule has 0 aliphatic carbocycles. The molecule has 0 aromatic heterocycles. The fourth-order valence-corrected chi connectivity index (χ4v) is 3.30. The second-order valence-corrected chi connectivity index (χ2v) is 5.61. The highest BCUT2D eigenvalue weighted by molar-refractivity contribution is 5.82. The highest BCUT2D eigenvalue weighted by atomic mass is 16.2. The van der Waals surface area contributed by atoms with Gasteiger partial charge in [-0.25, -0.2) is 0 Å². The van der Waals surface area contributed by atoms with Crippen molar-refractivity contribution in [1.29, 1.82) is 0 Å². The van der Waals surface area contributed by atoms with E-state index in [1.165, 1.54) is 0 Å². The van der Waals surface area contributed by atoms with Gasteiger partial charge >= 0.3 is 0 Å². The molecule has 17 heavy (non-hydrogen) atoms. The number of amides is 1. The average Bonchev–Trinajstić information content (AvgIpc) is 2.30. The number of piperidine rings is 2. The molecule has 0 radical (unpaired) electrons. The molecule has 2 heterocycles. The Labute approximate surface area is 104 Å². The minimum absolute atomic E-state index is 0.0515. The van der Waals surface area contributed by atoms with Crippen molar-refractivity contribution in [2.24, 2.45) is 5.92 Å². The maximum absolute atomic E-state index is 12.3. The van der Waals surface area contributed by atoms with Crippen LogP contribution in [0.2, 0.25) is 0 Å². The van der Waals surface area contributed by atoms with Crippen LogP contribution in [0.15, 0.2) is 0 Å². The normalized spacial score (nSPS) is 36.3. The smallest absolute Gasteiger partial charge is 0.239 e. The van der Waals surface area contributed by atoms with Gasteiger partial charge in [0.05, 0.1) is 6.04 Å². The Morgan fingerprint density at radius 1 is 1.29 bits per heavy atom. The predicted octanol–water partition coefficient (Wildman–Crippen LogP) is 0.537. The van der Waals surface area contributed by atoms with Crippen molar-refractivity contribution < 1.29 is 4.79 Å². The molecule has 0 bridgehead atoms. The second-order valence-electron chi connectivity index (χ2n) is 5.61. The van der Waals surface area contributed by atoms with Crippen LogP contribution >= 0.6 is 0 Å². The van der Waals surface area contributed by atoms with E-state index in [9.17, 15) is 4.79 Å². The lowest BCUT2D eigenvalue weighted by Gasteiger charge is -2.44. The topological polar surface area (TPSA) is 35.6 Å². The number of nitrogens with zero attached hydrogens (tertiary/aromatic N) is 2. The Kier molecular flexibility index (Phi) is 4.05. The van der Waals surface area contributed by atoms with Crippen LogP contribution < -0.4 is 5.32 Å². The lowest BCUT2D eigenvalue weighted by Crippen LogP contribution is -2.58. The third-order valence-electron chi connectivity index (χ3n) is 4.28. The van der Waals surface area contributed by atoms with Crippen LogP contribution in [-0.4, -0.2) is 61.5 Å². The summed E-state index contributed by atoms with van der Waals surface area (Å²) in [5.41, 5.74) is 0. The molecule has 0 saturated carbocycles. The highest BCUT2D eigenvalue weighted by Gasteiger charge is 2.36. The summed E-state index contributed by atoms with van der Waals surface area (Å²) in [6.07, 6.45) is 3.25. The van der Waals surface area contributed by atoms with Crippen molar-refractivity contribution in [1.82, 2.24) is 15.1 Å². The Hall–Kier alpha value is -0.610. The summed E-state index contributed by atoms with van der Waals surface area (Å²) in [7, 11) is 4.06. The van der Waals surface area contributed by atoms with Gasteiger partial charge in [-0.1, -0.05) is 6.92 Å². The highest BCUT2D eigenvalue weighted by Crippen LogP contribution is 2.25. The Balaban J connectivity index is 2.03. The van der Waals surface area contributed by atoms with Crippen LogP contribution in [0.25, 0.3) is 0 Å². The molecular weight excluding hydrogens is 214 g/mol. The zero-order chi connectivity index (χ0) is 12.4. The predicted molar refractivity (Wildman–Crippen MR) is 68.9 cm³/mol. The molecule has 0 spiro atoms. The lowest BCUT2D eigenvalue weighted by molar-refractivity contribution is -0.140. The third-order valence-corrected chi connectivity index (χ3v) is 4.28. The van der Waals surface area contributed by atoms with E-state index in [4.69, 9.17) is 0 Å². The molecule has 0 aromatic carbocycles. The first-order valence-electron chi connectivity index (χ1n) is 6.79. The summed E-state index contributed by atoms with van der Waals surface area (Å²) in [6.45, 7) is 5.45. The van der Waals surface area contributed by atoms with Gasteiger partial charge in [-0.15, -0.1) is 0 Å². The molecule has 3 unspecified atom stereocenters. The first-order chi connectivity index (χ1) is 8.13. The van der Waals surface area contributed by atoms with Crippen molar-refractivity contribution in [3.8, 4) is 0 Å². The molecule has 2 aliphatic rings. The zero-order valence-corrected chi connectivity index (χ0v) is 11.3. The molecule has 2 aliphatic heterocycles. The van der Waals surface area contributed by atoms with E-state index in [0.29, 0.717) is 17.9 Å². The van der Waals surface area contributed by atoms with Crippen molar-refractivity contribution in [3.63, 3.8) is 0 Å². The van der Waals surface area contributed by atoms with Gasteiger partial charge in [-0.3, -0.25) is 4.79 Å². The Morgan fingerprint density at radius 3 is 2.71 bits per heavy atom. The van der Waals surface area contributed by atoms with Gasteiger partial charge in [0.2, 0.25) is 5.91 Å². The molecule has 2 fully saturated rings. The largest absolute Gasteiger partial charge is 0.338 e. The Morgan fingerprint density at radius 2 is 2.06 bits per heavy atom. The van der Waals surface area contributed by atoms with E-state index in [-0.39, 0.29) is 6.04 Å². The number of likely N-dealkylation sites (tertiary alicyclic amines) is 2. The van der Waals surface area contributed by atoms with Gasteiger partial charge in [0.1, 0.15) is 0 Å². The first-order valence-corrected chi connectivity index (χ1v) is 6.79. The number of hydrogen-bond acceptors (Lipinski definition) is 3. The SMILES string of the molecule is CNC1CCCN(C2CCN(C)CC2C)C1=O. The van der Waals surface area contributed by atoms with E-state index in [2.05, 4.69) is 29.1 Å². The minimum Gasteiger partial charge on any atom is -0.338 e. The van der Waals surface area contributed by atoms with E-state index >= 15 is 0 Å². The van der Waals surface area contributed by atoms with Crippen LogP contribution in [0.5, 0.6) is 0 Å². The van der Waals surface area contributed by atoms with Gasteiger partial charge in [0, 0.05) is 19.1 Å². The molecular formula is C13H25N3O. The number of likely N-dealkylation sites (N-methyl/N-ethyl adjacent to an activating group) is 1. The summed E-state index contributed by atoms with van der Waals surface area (Å²) in [6, 6.07) is 0.505. The molecule has 1 amide bonds. The molecule has 1 N–H and O–H groups in total. The van der Waals surface area contributed by atoms with Gasteiger partial charge in [-0.2, -0.15) is 0 Å². The van der Waals surface area contributed by atoms with Crippen molar-refractivity contribution in [2.75, 3.05) is 33.7 Å². The molecule has 2 saturated heterocycles. The van der Waals surface area contributed by atoms with Crippen LogP contribution in [0.3, 0.4) is 0 Å². The van der Waals surface area contributed by atoms with Crippen molar-refractivity contribution in [3.05, 3.63) is 0 Å². The zero-order valence-electron chi connectivity index (χ0n) is 11.3. The number of nitrogens with one attached hydrogen (secondary N) is 1. The van der Waals surface area contributed by atoms with Gasteiger partial charge in [-0.05, 0) is 45.8 Å². The van der Waals surface area contributed by atoms with Crippen LogP contribution in [0.4, 0.5) is 0 Å². The first kappa shape index (κ1) is 12.8. The maximum atomic E-state index is 12.3. The lowest BCUT2D eigenvalue weighted by atomic mass is 9.90. The summed E-state index contributed by atoms with van der Waals surface area (Å²) < 4.78 is 0. The molecule has 4 nitrogen and oxygen atoms in total. The van der Waals surface area contributed by atoms with Crippen molar-refractivity contribution >= 4 is 5.91 Å². The van der Waals surface area contributed by atoms with Crippen LogP contribution in [-0.2, 0) is 4.79 Å². The number of rotatable bonds is 2. The molecule has 4 heteroatoms. The molecule has 3 atom stereocenters. The monoisotopic (exact) mass is 239 g/mol. The fourth-order valence-electron chi connectivity index (χ4n) is 3.30. The van der Waals surface area contributed by atoms with E-state index in [0.717, 1.165) is 38.9 Å². The molecule has 0 aromatic rings. The number of carbonyl (C=O) groups is 1. The molecule has 2 rings (SSSR count). The Bertz CT molecular complexity index is 282. The van der Waals surface area contributed by atoms with Crippen LogP contribution in [0, 0.1) is 5.92 Å². The van der Waals surface area contributed by atoms with Crippen LogP contribution in [0.1, 0.15) is 26.2 Å². The average molecular weight is 239 g/mol. The van der Waals surface area contributed by atoms with Gasteiger partial charge in [0.25, 0.3) is 0 Å². The van der Waals surface area contributed by atoms with Gasteiger partial charge in [0.15, 0.2) is 0 Å². The van der Waals surface area contributed by atoms with Crippen molar-refractivity contribution in [2.45, 2.75) is 38.3 Å². The van der Waals surface area contributed by atoms with E-state index in [1.807, 2.05) is 7.05 Å². The third kappa shape index (κ3) is 2.63. The second kappa shape index (κ2) is 5.36. The minimum atomic E-state index is 0.0515. The number of carbonyl (C=O) groups excluding carboxylic acids is 1. The summed E-state index contributed by atoms with van der Waals surface area (Å²) >= 11 is 0. The van der Waals surface area contributed by atoms with E-state index < -0.39 is 0 Å². The summed E-state index contributed by atoms with van der Waals surface area (Å²) in [4.78, 5) is 16.8.